The number of rotatable bonds is 3. The summed E-state index contributed by atoms with van der Waals surface area (Å²) in [6.07, 6.45) is 4.14. The second-order valence-electron chi connectivity index (χ2n) is 1.95. The molecule has 0 aromatic rings. The first-order chi connectivity index (χ1) is 3.81. The van der Waals surface area contributed by atoms with Crippen molar-refractivity contribution in [2.45, 2.75) is 26.7 Å². The largest absolute Gasteiger partial charge is 0.504 e. The van der Waals surface area contributed by atoms with E-state index in [1.807, 2.05) is 0 Å². The van der Waals surface area contributed by atoms with Crippen LogP contribution < -0.4 is 0 Å². The van der Waals surface area contributed by atoms with Gasteiger partial charge >= 0.3 is 0 Å². The minimum absolute atomic E-state index is 1.15. The van der Waals surface area contributed by atoms with Crippen molar-refractivity contribution < 1.29 is 4.74 Å². The lowest BCUT2D eigenvalue weighted by atomic mass is 10.2. The molecule has 48 valence electrons. The fraction of sp³-hybridized carbons (Fsp3) is 0.714. The summed E-state index contributed by atoms with van der Waals surface area (Å²) in [5.41, 5.74) is 1.31. The van der Waals surface area contributed by atoms with Gasteiger partial charge in [0.15, 0.2) is 0 Å². The highest BCUT2D eigenvalue weighted by Crippen LogP contribution is 2.01. The molecule has 1 nitrogen and oxygen atoms in total. The summed E-state index contributed by atoms with van der Waals surface area (Å²) < 4.78 is 4.79. The normalized spacial score (nSPS) is 11.6. The minimum atomic E-state index is 1.15. The van der Waals surface area contributed by atoms with Crippen molar-refractivity contribution in [3.05, 3.63) is 11.8 Å². The molecule has 0 spiro atoms. The van der Waals surface area contributed by atoms with Crippen LogP contribution >= 0.6 is 0 Å². The maximum atomic E-state index is 4.79. The topological polar surface area (TPSA) is 9.23 Å². The second kappa shape index (κ2) is 4.69. The van der Waals surface area contributed by atoms with Crippen LogP contribution in [0.15, 0.2) is 11.8 Å². The summed E-state index contributed by atoms with van der Waals surface area (Å²) in [5, 5.41) is 0. The summed E-state index contributed by atoms with van der Waals surface area (Å²) in [6.45, 7) is 4.24. The van der Waals surface area contributed by atoms with Gasteiger partial charge in [0.1, 0.15) is 0 Å². The maximum absolute atomic E-state index is 4.79. The lowest BCUT2D eigenvalue weighted by Gasteiger charge is -1.94. The Morgan fingerprint density at radius 1 is 1.62 bits per heavy atom. The van der Waals surface area contributed by atoms with Crippen LogP contribution in [0.2, 0.25) is 0 Å². The summed E-state index contributed by atoms with van der Waals surface area (Å²) >= 11 is 0. The van der Waals surface area contributed by atoms with Crippen molar-refractivity contribution >= 4 is 0 Å². The van der Waals surface area contributed by atoms with Gasteiger partial charge in [-0.25, -0.2) is 0 Å². The molecule has 0 saturated heterocycles. The van der Waals surface area contributed by atoms with Gasteiger partial charge in [0.05, 0.1) is 13.4 Å². The van der Waals surface area contributed by atoms with E-state index >= 15 is 0 Å². The van der Waals surface area contributed by atoms with Gasteiger partial charge in [0.25, 0.3) is 0 Å². The Bertz CT molecular complexity index is 74.5. The van der Waals surface area contributed by atoms with Gasteiger partial charge in [0, 0.05) is 0 Å². The van der Waals surface area contributed by atoms with Crippen LogP contribution in [0.4, 0.5) is 0 Å². The van der Waals surface area contributed by atoms with Gasteiger partial charge in [-0.2, -0.15) is 0 Å². The van der Waals surface area contributed by atoms with Gasteiger partial charge in [-0.1, -0.05) is 13.3 Å². The van der Waals surface area contributed by atoms with Gasteiger partial charge in [-0.15, -0.1) is 0 Å². The Kier molecular flexibility index (Phi) is 4.42. The third-order valence-electron chi connectivity index (χ3n) is 0.963. The summed E-state index contributed by atoms with van der Waals surface area (Å²) in [4.78, 5) is 0. The van der Waals surface area contributed by atoms with E-state index in [4.69, 9.17) is 4.74 Å². The number of hydrogen-bond donors (Lipinski definition) is 0. The molecule has 0 aromatic heterocycles. The highest BCUT2D eigenvalue weighted by atomic mass is 16.5. The molecule has 0 unspecified atom stereocenters. The molecule has 0 aliphatic heterocycles. The predicted molar refractivity (Wildman–Crippen MR) is 35.7 cm³/mol. The van der Waals surface area contributed by atoms with E-state index in [0.717, 1.165) is 6.42 Å². The number of ether oxygens (including phenoxy) is 1. The Balaban J connectivity index is 3.29. The second-order valence-corrected chi connectivity index (χ2v) is 1.95. The lowest BCUT2D eigenvalue weighted by Crippen LogP contribution is -1.75. The molecular formula is C7H14O. The average molecular weight is 114 g/mol. The molecule has 1 heteroatoms. The first kappa shape index (κ1) is 7.54. The molecule has 0 aromatic carbocycles. The van der Waals surface area contributed by atoms with E-state index in [1.54, 1.807) is 13.4 Å². The molecule has 0 saturated carbocycles. The van der Waals surface area contributed by atoms with E-state index in [-0.39, 0.29) is 0 Å². The fourth-order valence-corrected chi connectivity index (χ4v) is 0.654. The Hall–Kier alpha value is -0.460. The van der Waals surface area contributed by atoms with E-state index in [2.05, 4.69) is 13.8 Å². The van der Waals surface area contributed by atoms with Crippen LogP contribution in [0.5, 0.6) is 0 Å². The van der Waals surface area contributed by atoms with Crippen molar-refractivity contribution in [3.8, 4) is 0 Å². The zero-order valence-corrected chi connectivity index (χ0v) is 5.90. The van der Waals surface area contributed by atoms with Crippen LogP contribution in [0.3, 0.4) is 0 Å². The zero-order valence-electron chi connectivity index (χ0n) is 5.90. The van der Waals surface area contributed by atoms with E-state index in [9.17, 15) is 0 Å². The molecule has 0 N–H and O–H groups in total. The average Bonchev–Trinajstić information content (AvgIpc) is 1.68. The molecule has 0 radical (unpaired) electrons. The Morgan fingerprint density at radius 3 is 2.62 bits per heavy atom. The van der Waals surface area contributed by atoms with E-state index in [1.165, 1.54) is 12.0 Å². The molecule has 0 rings (SSSR count). The van der Waals surface area contributed by atoms with Gasteiger partial charge < -0.3 is 4.74 Å². The lowest BCUT2D eigenvalue weighted by molar-refractivity contribution is 0.332. The molecule has 0 atom stereocenters. The van der Waals surface area contributed by atoms with Crippen LogP contribution in [0.25, 0.3) is 0 Å². The summed E-state index contributed by atoms with van der Waals surface area (Å²) in [5.74, 6) is 0. The molecule has 0 aliphatic rings. The molecule has 0 aliphatic carbocycles. The highest BCUT2D eigenvalue weighted by molar-refractivity contribution is 4.91. The highest BCUT2D eigenvalue weighted by Gasteiger charge is 1.83. The minimum Gasteiger partial charge on any atom is -0.504 e. The number of hydrogen-bond acceptors (Lipinski definition) is 1. The van der Waals surface area contributed by atoms with Crippen molar-refractivity contribution in [1.82, 2.24) is 0 Å². The third kappa shape index (κ3) is 3.72. The van der Waals surface area contributed by atoms with Crippen molar-refractivity contribution in [1.29, 1.82) is 0 Å². The SMILES string of the molecule is CCCC(C)=COC. The van der Waals surface area contributed by atoms with Gasteiger partial charge in [-0.05, 0) is 18.9 Å². The monoisotopic (exact) mass is 114 g/mol. The van der Waals surface area contributed by atoms with E-state index in [0.29, 0.717) is 0 Å². The van der Waals surface area contributed by atoms with Crippen LogP contribution in [0.1, 0.15) is 26.7 Å². The summed E-state index contributed by atoms with van der Waals surface area (Å²) in [7, 11) is 1.68. The van der Waals surface area contributed by atoms with Gasteiger partial charge in [0.2, 0.25) is 0 Å². The van der Waals surface area contributed by atoms with Crippen molar-refractivity contribution in [2.75, 3.05) is 7.11 Å². The Labute approximate surface area is 51.4 Å². The quantitative estimate of drug-likeness (QED) is 0.512. The maximum Gasteiger partial charge on any atom is 0.0813 e. The summed E-state index contributed by atoms with van der Waals surface area (Å²) in [6, 6.07) is 0. The zero-order chi connectivity index (χ0) is 6.41. The Morgan fingerprint density at radius 2 is 2.25 bits per heavy atom. The van der Waals surface area contributed by atoms with Crippen LogP contribution in [-0.4, -0.2) is 7.11 Å². The standard InChI is InChI=1S/C7H14O/c1-4-5-7(2)6-8-3/h6H,4-5H2,1-3H3. The molecule has 0 bridgehead atoms. The van der Waals surface area contributed by atoms with Crippen LogP contribution in [-0.2, 0) is 4.74 Å². The molecule has 8 heavy (non-hydrogen) atoms. The number of allylic oxidation sites excluding steroid dienone is 1. The van der Waals surface area contributed by atoms with Crippen LogP contribution in [0, 0.1) is 0 Å². The fourth-order valence-electron chi connectivity index (χ4n) is 0.654. The van der Waals surface area contributed by atoms with Gasteiger partial charge in [-0.3, -0.25) is 0 Å². The predicted octanol–water partition coefficient (Wildman–Crippen LogP) is 2.34. The molecule has 0 heterocycles. The first-order valence-corrected chi connectivity index (χ1v) is 2.99. The van der Waals surface area contributed by atoms with Crippen molar-refractivity contribution in [3.63, 3.8) is 0 Å². The smallest absolute Gasteiger partial charge is 0.0813 e. The van der Waals surface area contributed by atoms with Crippen molar-refractivity contribution in [2.24, 2.45) is 0 Å². The van der Waals surface area contributed by atoms with E-state index < -0.39 is 0 Å². The number of methoxy groups -OCH3 is 1. The third-order valence-corrected chi connectivity index (χ3v) is 0.963. The molecular weight excluding hydrogens is 100 g/mol. The molecule has 0 amide bonds. The molecule has 0 fully saturated rings. The first-order valence-electron chi connectivity index (χ1n) is 2.99.